The maximum absolute atomic E-state index is 5.59. The largest absolute Gasteiger partial charge is 0.312 e. The lowest BCUT2D eigenvalue weighted by atomic mass is 9.90. The van der Waals surface area contributed by atoms with Gasteiger partial charge in [-0.2, -0.15) is 0 Å². The van der Waals surface area contributed by atoms with Crippen molar-refractivity contribution in [3.8, 4) is 0 Å². The van der Waals surface area contributed by atoms with Crippen LogP contribution in [0.15, 0.2) is 4.99 Å². The lowest BCUT2D eigenvalue weighted by molar-refractivity contribution is 0.445. The third kappa shape index (κ3) is 3.49. The molecule has 86 valence electrons. The highest BCUT2D eigenvalue weighted by Gasteiger charge is 2.24. The molecule has 2 fully saturated rings. The summed E-state index contributed by atoms with van der Waals surface area (Å²) in [6.45, 7) is 0. The zero-order valence-corrected chi connectivity index (χ0v) is 9.54. The molecule has 0 aromatic heterocycles. The number of rotatable bonds is 2. The van der Waals surface area contributed by atoms with Crippen LogP contribution in [0.5, 0.6) is 0 Å². The van der Waals surface area contributed by atoms with Crippen molar-refractivity contribution < 1.29 is 0 Å². The topological polar surface area (TPSA) is 50.4 Å². The number of amidine groups is 1. The van der Waals surface area contributed by atoms with Crippen LogP contribution in [-0.2, 0) is 0 Å². The van der Waals surface area contributed by atoms with E-state index in [9.17, 15) is 0 Å². The van der Waals surface area contributed by atoms with Gasteiger partial charge in [0.2, 0.25) is 0 Å². The average Bonchev–Trinajstić information content (AvgIpc) is 2.98. The summed E-state index contributed by atoms with van der Waals surface area (Å²) in [5.41, 5.74) is 2.84. The molecule has 0 aromatic rings. The average molecular weight is 209 g/mol. The van der Waals surface area contributed by atoms with E-state index in [2.05, 4.69) is 10.4 Å². The Labute approximate surface area is 92.5 Å². The maximum atomic E-state index is 5.59. The fraction of sp³-hybridized carbons (Fsp3) is 0.917. The Morgan fingerprint density at radius 1 is 0.933 bits per heavy atom. The molecule has 3 N–H and O–H groups in total. The fourth-order valence-electron chi connectivity index (χ4n) is 2.39. The summed E-state index contributed by atoms with van der Waals surface area (Å²) < 4.78 is 0. The number of nitrogens with one attached hydrogen (secondary N) is 1. The van der Waals surface area contributed by atoms with Crippen LogP contribution in [0.25, 0.3) is 0 Å². The number of aliphatic imine (C=N–C) groups is 1. The monoisotopic (exact) mass is 209 g/mol. The Morgan fingerprint density at radius 2 is 1.53 bits per heavy atom. The Hall–Kier alpha value is -0.570. The molecule has 2 aliphatic carbocycles. The second kappa shape index (κ2) is 5.50. The van der Waals surface area contributed by atoms with Gasteiger partial charge in [-0.15, -0.1) is 0 Å². The van der Waals surface area contributed by atoms with Gasteiger partial charge < -0.3 is 5.43 Å². The van der Waals surface area contributed by atoms with Crippen molar-refractivity contribution in [3.63, 3.8) is 0 Å². The zero-order chi connectivity index (χ0) is 10.5. The van der Waals surface area contributed by atoms with E-state index in [-0.39, 0.29) is 0 Å². The Balaban J connectivity index is 1.91. The van der Waals surface area contributed by atoms with Gasteiger partial charge in [-0.1, -0.05) is 32.1 Å². The highest BCUT2D eigenvalue weighted by atomic mass is 15.3. The second-order valence-electron chi connectivity index (χ2n) is 4.93. The summed E-state index contributed by atoms with van der Waals surface area (Å²) >= 11 is 0. The lowest BCUT2D eigenvalue weighted by Crippen LogP contribution is -2.37. The van der Waals surface area contributed by atoms with Crippen molar-refractivity contribution in [2.45, 2.75) is 63.8 Å². The molecule has 0 aromatic carbocycles. The molecule has 2 aliphatic rings. The minimum Gasteiger partial charge on any atom is -0.312 e. The van der Waals surface area contributed by atoms with E-state index >= 15 is 0 Å². The van der Waals surface area contributed by atoms with Gasteiger partial charge in [0.25, 0.3) is 0 Å². The first-order valence-corrected chi connectivity index (χ1v) is 6.44. The van der Waals surface area contributed by atoms with Gasteiger partial charge in [-0.05, 0) is 25.7 Å². The van der Waals surface area contributed by atoms with E-state index < -0.39 is 0 Å². The first-order valence-electron chi connectivity index (χ1n) is 6.44. The highest BCUT2D eigenvalue weighted by Crippen LogP contribution is 2.27. The first-order chi connectivity index (χ1) is 7.40. The van der Waals surface area contributed by atoms with Crippen LogP contribution >= 0.6 is 0 Å². The Kier molecular flexibility index (Phi) is 4.01. The van der Waals surface area contributed by atoms with E-state index in [4.69, 9.17) is 5.84 Å². The number of hydrogen-bond donors (Lipinski definition) is 2. The molecule has 0 saturated heterocycles. The minimum atomic E-state index is 0.585. The minimum absolute atomic E-state index is 0.585. The Bertz CT molecular complexity index is 213. The summed E-state index contributed by atoms with van der Waals surface area (Å²) in [5, 5.41) is 0. The molecule has 2 rings (SSSR count). The highest BCUT2D eigenvalue weighted by molar-refractivity contribution is 5.84. The quantitative estimate of drug-likeness (QED) is 0.317. The smallest absolute Gasteiger partial charge is 0.114 e. The molecule has 0 heterocycles. The van der Waals surface area contributed by atoms with E-state index in [0.29, 0.717) is 12.0 Å². The van der Waals surface area contributed by atoms with Gasteiger partial charge in [0.1, 0.15) is 5.84 Å². The summed E-state index contributed by atoms with van der Waals surface area (Å²) in [6, 6.07) is 0.585. The van der Waals surface area contributed by atoms with Crippen LogP contribution in [0.2, 0.25) is 0 Å². The van der Waals surface area contributed by atoms with Crippen molar-refractivity contribution in [1.29, 1.82) is 0 Å². The third-order valence-corrected chi connectivity index (χ3v) is 3.51. The second-order valence-corrected chi connectivity index (χ2v) is 4.93. The van der Waals surface area contributed by atoms with Gasteiger partial charge in [0, 0.05) is 5.92 Å². The van der Waals surface area contributed by atoms with Crippen molar-refractivity contribution >= 4 is 5.84 Å². The van der Waals surface area contributed by atoms with E-state index in [1.165, 1.54) is 57.8 Å². The van der Waals surface area contributed by atoms with Crippen LogP contribution in [-0.4, -0.2) is 11.9 Å². The summed E-state index contributed by atoms with van der Waals surface area (Å²) in [6.07, 6.45) is 11.9. The molecule has 3 nitrogen and oxygen atoms in total. The van der Waals surface area contributed by atoms with Crippen molar-refractivity contribution in [1.82, 2.24) is 5.43 Å². The van der Waals surface area contributed by atoms with Gasteiger partial charge in [0.15, 0.2) is 0 Å². The van der Waals surface area contributed by atoms with Crippen LogP contribution in [0, 0.1) is 5.92 Å². The molecule has 15 heavy (non-hydrogen) atoms. The fourth-order valence-corrected chi connectivity index (χ4v) is 2.39. The molecule has 0 radical (unpaired) electrons. The van der Waals surface area contributed by atoms with Gasteiger partial charge >= 0.3 is 0 Å². The predicted octanol–water partition coefficient (Wildman–Crippen LogP) is 2.37. The van der Waals surface area contributed by atoms with Crippen molar-refractivity contribution in [2.75, 3.05) is 0 Å². The summed E-state index contributed by atoms with van der Waals surface area (Å²) in [5.74, 6) is 7.28. The normalized spacial score (nSPS) is 25.8. The lowest BCUT2D eigenvalue weighted by Gasteiger charge is -2.21. The molecule has 0 unspecified atom stereocenters. The van der Waals surface area contributed by atoms with Crippen LogP contribution in [0.4, 0.5) is 0 Å². The van der Waals surface area contributed by atoms with Crippen LogP contribution in [0.1, 0.15) is 57.8 Å². The van der Waals surface area contributed by atoms with Gasteiger partial charge in [0.05, 0.1) is 6.04 Å². The molecule has 2 saturated carbocycles. The summed E-state index contributed by atoms with van der Waals surface area (Å²) in [7, 11) is 0. The van der Waals surface area contributed by atoms with Crippen molar-refractivity contribution in [2.24, 2.45) is 16.8 Å². The zero-order valence-electron chi connectivity index (χ0n) is 9.54. The number of nitrogens with two attached hydrogens (primary N) is 1. The molecular weight excluding hydrogens is 186 g/mol. The third-order valence-electron chi connectivity index (χ3n) is 3.51. The molecule has 0 amide bonds. The predicted molar refractivity (Wildman–Crippen MR) is 63.6 cm³/mol. The summed E-state index contributed by atoms with van der Waals surface area (Å²) in [4.78, 5) is 4.68. The van der Waals surface area contributed by atoms with Crippen LogP contribution < -0.4 is 11.3 Å². The SMILES string of the molecule is NNC(=NC1CC1)C1CCCCCCC1. The number of nitrogens with zero attached hydrogens (tertiary/aromatic N) is 1. The van der Waals surface area contributed by atoms with Crippen molar-refractivity contribution in [3.05, 3.63) is 0 Å². The molecule has 0 bridgehead atoms. The molecule has 0 aliphatic heterocycles. The number of hydrazine groups is 1. The molecule has 0 spiro atoms. The first kappa shape index (κ1) is 10.9. The van der Waals surface area contributed by atoms with Gasteiger partial charge in [-0.25, -0.2) is 5.84 Å². The molecule has 0 atom stereocenters. The number of hydrogen-bond acceptors (Lipinski definition) is 2. The standard InChI is InChI=1S/C12H23N3/c13-15-12(14-11-8-9-11)10-6-4-2-1-3-5-7-10/h10-11H,1-9,13H2,(H,14,15). The van der Waals surface area contributed by atoms with Gasteiger partial charge in [-0.3, -0.25) is 4.99 Å². The van der Waals surface area contributed by atoms with E-state index in [0.717, 1.165) is 5.84 Å². The van der Waals surface area contributed by atoms with E-state index in [1.807, 2.05) is 0 Å². The molecule has 3 heteroatoms. The Morgan fingerprint density at radius 3 is 2.07 bits per heavy atom. The molecular formula is C12H23N3. The van der Waals surface area contributed by atoms with E-state index in [1.54, 1.807) is 0 Å². The maximum Gasteiger partial charge on any atom is 0.114 e. The van der Waals surface area contributed by atoms with Crippen LogP contribution in [0.3, 0.4) is 0 Å².